The largest absolute Gasteiger partial charge is 1.00 e. The van der Waals surface area contributed by atoms with Crippen molar-refractivity contribution >= 4 is 106 Å². The van der Waals surface area contributed by atoms with Gasteiger partial charge in [0, 0.05) is 82.0 Å². The zero-order chi connectivity index (χ0) is 94.3. The second-order valence-electron chi connectivity index (χ2n) is 38.6. The van der Waals surface area contributed by atoms with Crippen LogP contribution in [0.25, 0.3) is 22.3 Å². The van der Waals surface area contributed by atoms with Gasteiger partial charge < -0.3 is 49.4 Å². The fourth-order valence-corrected chi connectivity index (χ4v) is 34.5. The van der Waals surface area contributed by atoms with Crippen LogP contribution in [0, 0.1) is 35.5 Å². The van der Waals surface area contributed by atoms with E-state index in [2.05, 4.69) is 218 Å². The third-order valence-corrected chi connectivity index (χ3v) is 41.4. The molecule has 4 fully saturated rings. The maximum atomic E-state index is 16.3. The fourth-order valence-electron chi connectivity index (χ4n) is 23.8. The second-order valence-corrected chi connectivity index (χ2v) is 48.5. The first kappa shape index (κ1) is 113. The van der Waals surface area contributed by atoms with Crippen molar-refractivity contribution in [1.82, 2.24) is 0 Å². The number of ether oxygens (including phenoxy) is 2. The minimum Gasteiger partial charge on any atom is -0.550 e. The summed E-state index contributed by atoms with van der Waals surface area (Å²) in [6, 6.07) is 104. The Morgan fingerprint density at radius 2 is 0.471 bits per heavy atom. The van der Waals surface area contributed by atoms with Crippen molar-refractivity contribution in [3.8, 4) is 22.3 Å². The van der Waals surface area contributed by atoms with E-state index in [1.807, 2.05) is 100 Å². The smallest absolute Gasteiger partial charge is 0.550 e. The Morgan fingerprint density at radius 1 is 0.271 bits per heavy atom. The summed E-state index contributed by atoms with van der Waals surface area (Å²) in [7, 11) is -8.23. The molecular weight excluding hydrogens is 1990 g/mol. The minimum atomic E-state index is -3.25. The summed E-state index contributed by atoms with van der Waals surface area (Å²) < 4.78 is 42.3. The van der Waals surface area contributed by atoms with Crippen LogP contribution in [-0.4, -0.2) is 49.3 Å². The van der Waals surface area contributed by atoms with Crippen LogP contribution in [0.4, 0.5) is 0 Å². The Balaban J connectivity index is 0.000000187. The predicted octanol–water partition coefficient (Wildman–Crippen LogP) is 22.5. The SMILES string of the molecule is CCOCC.CCOCC.O.O.O=C([O-])C(C1CCCCC1)C1CCCCC1.O=C([O-])C(C1CCCCC1)C1CCCCC1.O=P(c1ccccc1)(c1ccccc1)c1ccc2c(c1-c1c(P(c3ccccc3)c3ccccc3)ccc3c1CCCC3)CCCC2.O=P(c1ccccc1)(c1ccccc1)c1ccc2c(c1-c1c(P(c3ccccc3)c3ccccc3)ccc3c1CCCC3)CCCC2.[Ag+].[Ag+]. The van der Waals surface area contributed by atoms with Crippen LogP contribution in [-0.2, 0) is 124 Å². The van der Waals surface area contributed by atoms with Crippen molar-refractivity contribution in [2.45, 2.75) is 259 Å². The van der Waals surface area contributed by atoms with E-state index in [0.717, 1.165) is 161 Å². The van der Waals surface area contributed by atoms with E-state index in [-0.39, 0.29) is 67.5 Å². The number of aryl methyl sites for hydroxylation is 4. The number of benzene rings is 12. The average Bonchev–Trinajstić information content (AvgIpc) is 0.719. The summed E-state index contributed by atoms with van der Waals surface area (Å²) in [4.78, 5) is 22.8. The number of carboxylic acids is 2. The molecule has 12 aromatic rings. The van der Waals surface area contributed by atoms with Gasteiger partial charge in [0.2, 0.25) is 0 Å². The van der Waals surface area contributed by atoms with E-state index in [1.54, 1.807) is 0 Å². The standard InChI is InChI=1S/2C44H40OP2.2C14H24O2.2C4H10O.2Ag.2H2O/c2*45-47(37-23-9-3-10-24-37,38-25-11-4-12-26-38)42-32-30-34-18-14-16-28-40(34)44(42)43-39-27-15-13-17-33(39)29-31-41(43)46(35-19-5-1-6-20-35)36-21-7-2-8-22-36;2*15-14(16)13(11-7-3-1-4-8-11)12-9-5-2-6-10-12;2*1-3-5-4-2;;;;/h2*1-12,19-26,29-32H,13-18,27-28H2;2*11-13H,1-10H2,(H,15,16);2*3-4H2,1-2H3;;;2*1H2/q;;;;;;2*+1;;/p-2. The van der Waals surface area contributed by atoms with Crippen LogP contribution in [0.3, 0.4) is 0 Å². The molecule has 8 aliphatic rings. The molecule has 0 atom stereocenters. The summed E-state index contributed by atoms with van der Waals surface area (Å²) >= 11 is 0. The summed E-state index contributed by atoms with van der Waals surface area (Å²) in [5, 5.41) is 36.6. The Labute approximate surface area is 871 Å². The molecule has 0 spiro atoms. The molecule has 0 aromatic heterocycles. The predicted molar refractivity (Wildman–Crippen MR) is 581 cm³/mol. The summed E-state index contributed by atoms with van der Waals surface area (Å²) in [5.41, 5.74) is 16.9. The Kier molecular flexibility index (Phi) is 46.5. The number of carbonyl (C=O) groups excluding carboxylic acids is 2. The van der Waals surface area contributed by atoms with Crippen molar-refractivity contribution in [3.63, 3.8) is 0 Å². The molecule has 140 heavy (non-hydrogen) atoms. The summed E-state index contributed by atoms with van der Waals surface area (Å²) in [6.07, 6.45) is 42.1. The number of rotatable bonds is 24. The first-order valence-corrected chi connectivity index (χ1v) is 58.4. The molecule has 10 nitrogen and oxygen atoms in total. The van der Waals surface area contributed by atoms with Gasteiger partial charge in [0.15, 0.2) is 14.3 Å². The summed E-state index contributed by atoms with van der Waals surface area (Å²) in [6.45, 7) is 11.3. The number of carbonyl (C=O) groups is 2. The Morgan fingerprint density at radius 3 is 0.679 bits per heavy atom. The van der Waals surface area contributed by atoms with Crippen LogP contribution < -0.4 is 73.9 Å². The average molecular weight is 2140 g/mol. The summed E-state index contributed by atoms with van der Waals surface area (Å²) in [5.74, 6) is -0.133. The van der Waals surface area contributed by atoms with E-state index in [0.29, 0.717) is 23.7 Å². The van der Waals surface area contributed by atoms with E-state index in [4.69, 9.17) is 9.47 Å². The van der Waals surface area contributed by atoms with Gasteiger partial charge in [-0.1, -0.05) is 356 Å². The molecule has 12 aromatic carbocycles. The zero-order valence-electron chi connectivity index (χ0n) is 83.1. The molecule has 20 rings (SSSR count). The molecule has 0 saturated heterocycles. The monoisotopic (exact) mass is 2140 g/mol. The third kappa shape index (κ3) is 27.7. The molecule has 0 bridgehead atoms. The number of carboxylic acid groups (broad SMARTS) is 2. The van der Waals surface area contributed by atoms with Crippen molar-refractivity contribution in [1.29, 1.82) is 0 Å². The van der Waals surface area contributed by atoms with Gasteiger partial charge in [-0.05, 0) is 332 Å². The van der Waals surface area contributed by atoms with E-state index in [1.165, 1.54) is 227 Å². The maximum absolute atomic E-state index is 16.3. The quantitative estimate of drug-likeness (QED) is 0.0421. The van der Waals surface area contributed by atoms with Crippen LogP contribution in [0.1, 0.15) is 252 Å². The Hall–Kier alpha value is -7.78. The van der Waals surface area contributed by atoms with Gasteiger partial charge in [0.1, 0.15) is 0 Å². The third-order valence-electron chi connectivity index (χ3n) is 30.2. The first-order chi connectivity index (χ1) is 66.9. The molecule has 16 heteroatoms. The van der Waals surface area contributed by atoms with E-state index in [9.17, 15) is 19.8 Å². The van der Waals surface area contributed by atoms with Gasteiger partial charge in [-0.25, -0.2) is 0 Å². The molecule has 0 unspecified atom stereocenters. The number of fused-ring (bicyclic) bond motifs is 4. The van der Waals surface area contributed by atoms with Gasteiger partial charge in [0.25, 0.3) is 0 Å². The van der Waals surface area contributed by atoms with Crippen LogP contribution in [0.2, 0.25) is 0 Å². The van der Waals surface area contributed by atoms with Crippen molar-refractivity contribution in [3.05, 3.63) is 336 Å². The second kappa shape index (κ2) is 57.8. The maximum Gasteiger partial charge on any atom is 1.00 e. The van der Waals surface area contributed by atoms with Crippen molar-refractivity contribution in [2.75, 3.05) is 26.4 Å². The van der Waals surface area contributed by atoms with Gasteiger partial charge >= 0.3 is 44.8 Å². The topological polar surface area (TPSA) is 196 Å². The Bertz CT molecular complexity index is 5270. The number of hydrogen-bond acceptors (Lipinski definition) is 8. The molecule has 4 saturated carbocycles. The minimum absolute atomic E-state index is 0. The van der Waals surface area contributed by atoms with E-state index < -0.39 is 42.1 Å². The van der Waals surface area contributed by atoms with Gasteiger partial charge in [-0.3, -0.25) is 0 Å². The van der Waals surface area contributed by atoms with Crippen molar-refractivity contribution < 1.29 is 94.1 Å². The zero-order valence-corrected chi connectivity index (χ0v) is 89.7. The van der Waals surface area contributed by atoms with Gasteiger partial charge in [-0.15, -0.1) is 0 Å². The van der Waals surface area contributed by atoms with Gasteiger partial charge in [-0.2, -0.15) is 0 Å². The normalized spacial score (nSPS) is 15.9. The molecule has 0 aliphatic heterocycles. The molecule has 0 amide bonds. The fraction of sp³-hybridized carbons (Fsp3) is 0.403. The first-order valence-electron chi connectivity index (χ1n) is 52.3. The molecule has 0 radical (unpaired) electrons. The molecule has 4 N–H and O–H groups in total. The molecular formula is C124H150Ag2O10P4. The van der Waals surface area contributed by atoms with Crippen molar-refractivity contribution in [2.24, 2.45) is 35.5 Å². The number of hydrogen-bond donors (Lipinski definition) is 0. The molecule has 748 valence electrons. The van der Waals surface area contributed by atoms with Crippen LogP contribution in [0.5, 0.6) is 0 Å². The van der Waals surface area contributed by atoms with Crippen LogP contribution in [0.15, 0.2) is 291 Å². The molecule has 0 heterocycles. The van der Waals surface area contributed by atoms with E-state index >= 15 is 9.13 Å². The molecule has 8 aliphatic carbocycles. The van der Waals surface area contributed by atoms with Crippen LogP contribution >= 0.6 is 30.1 Å². The number of aliphatic carboxylic acids is 2. The van der Waals surface area contributed by atoms with Gasteiger partial charge in [0.05, 0.1) is 0 Å².